The molecule has 0 fully saturated rings. The van der Waals surface area contributed by atoms with Crippen LogP contribution in [0.1, 0.15) is 12.5 Å². The van der Waals surface area contributed by atoms with Crippen molar-refractivity contribution in [1.82, 2.24) is 0 Å². The maximum absolute atomic E-state index is 9.09. The SMILES string of the molecule is C/C=C/Cc1cccc(O)c1. The van der Waals surface area contributed by atoms with Crippen LogP contribution in [0.3, 0.4) is 0 Å². The Balaban J connectivity index is 2.71. The van der Waals surface area contributed by atoms with Crippen LogP contribution in [0.25, 0.3) is 0 Å². The number of benzene rings is 1. The van der Waals surface area contributed by atoms with Crippen LogP contribution in [-0.4, -0.2) is 5.11 Å². The molecule has 0 amide bonds. The van der Waals surface area contributed by atoms with E-state index in [2.05, 4.69) is 6.08 Å². The Hall–Kier alpha value is -1.24. The minimum absolute atomic E-state index is 0.340. The molecule has 0 aromatic heterocycles. The van der Waals surface area contributed by atoms with Gasteiger partial charge < -0.3 is 5.11 Å². The predicted octanol–water partition coefficient (Wildman–Crippen LogP) is 2.51. The highest BCUT2D eigenvalue weighted by molar-refractivity contribution is 5.28. The molecule has 0 aliphatic carbocycles. The molecule has 0 aliphatic heterocycles. The Kier molecular flexibility index (Phi) is 2.73. The van der Waals surface area contributed by atoms with E-state index >= 15 is 0 Å². The summed E-state index contributed by atoms with van der Waals surface area (Å²) in [7, 11) is 0. The lowest BCUT2D eigenvalue weighted by molar-refractivity contribution is 0.474. The molecular formula is C10H12O. The van der Waals surface area contributed by atoms with Crippen LogP contribution in [0.4, 0.5) is 0 Å². The summed E-state index contributed by atoms with van der Waals surface area (Å²) in [5.41, 5.74) is 1.14. The summed E-state index contributed by atoms with van der Waals surface area (Å²) in [6, 6.07) is 7.31. The zero-order chi connectivity index (χ0) is 8.10. The first kappa shape index (κ1) is 7.86. The van der Waals surface area contributed by atoms with Gasteiger partial charge in [-0.1, -0.05) is 24.3 Å². The van der Waals surface area contributed by atoms with E-state index in [1.165, 1.54) is 0 Å². The van der Waals surface area contributed by atoms with E-state index < -0.39 is 0 Å². The van der Waals surface area contributed by atoms with Gasteiger partial charge in [-0.2, -0.15) is 0 Å². The largest absolute Gasteiger partial charge is 0.508 e. The van der Waals surface area contributed by atoms with E-state index in [-0.39, 0.29) is 0 Å². The monoisotopic (exact) mass is 148 g/mol. The molecular weight excluding hydrogens is 136 g/mol. The molecule has 58 valence electrons. The third-order valence-corrected chi connectivity index (χ3v) is 1.50. The molecule has 0 aliphatic rings. The van der Waals surface area contributed by atoms with Crippen molar-refractivity contribution in [3.63, 3.8) is 0 Å². The van der Waals surface area contributed by atoms with Crippen molar-refractivity contribution in [1.29, 1.82) is 0 Å². The van der Waals surface area contributed by atoms with Crippen LogP contribution in [0.15, 0.2) is 36.4 Å². The Morgan fingerprint density at radius 2 is 2.27 bits per heavy atom. The lowest BCUT2D eigenvalue weighted by Crippen LogP contribution is -1.78. The molecule has 1 heteroatoms. The molecule has 1 rings (SSSR count). The standard InChI is InChI=1S/C10H12O/c1-2-3-5-9-6-4-7-10(11)8-9/h2-4,6-8,11H,5H2,1H3/b3-2+. The average Bonchev–Trinajstić information content (AvgIpc) is 2.01. The molecule has 1 aromatic rings. The fourth-order valence-electron chi connectivity index (χ4n) is 0.937. The Morgan fingerprint density at radius 1 is 1.45 bits per heavy atom. The van der Waals surface area contributed by atoms with Crippen LogP contribution in [0.2, 0.25) is 0 Å². The van der Waals surface area contributed by atoms with Crippen molar-refractivity contribution in [3.8, 4) is 5.75 Å². The van der Waals surface area contributed by atoms with Gasteiger partial charge in [0.05, 0.1) is 0 Å². The third-order valence-electron chi connectivity index (χ3n) is 1.50. The Labute approximate surface area is 67.0 Å². The van der Waals surface area contributed by atoms with E-state index in [1.807, 2.05) is 25.1 Å². The summed E-state index contributed by atoms with van der Waals surface area (Å²) in [5, 5.41) is 9.09. The molecule has 1 aromatic carbocycles. The first-order valence-electron chi connectivity index (χ1n) is 3.72. The van der Waals surface area contributed by atoms with Gasteiger partial charge >= 0.3 is 0 Å². The number of phenols is 1. The smallest absolute Gasteiger partial charge is 0.115 e. The highest BCUT2D eigenvalue weighted by Crippen LogP contribution is 2.11. The summed E-state index contributed by atoms with van der Waals surface area (Å²) >= 11 is 0. The number of phenolic OH excluding ortho intramolecular Hbond substituents is 1. The highest BCUT2D eigenvalue weighted by atomic mass is 16.3. The maximum atomic E-state index is 9.09. The molecule has 0 saturated carbocycles. The normalized spacial score (nSPS) is 10.6. The second-order valence-electron chi connectivity index (χ2n) is 2.44. The van der Waals surface area contributed by atoms with Crippen LogP contribution < -0.4 is 0 Å². The van der Waals surface area contributed by atoms with Gasteiger partial charge in [0.25, 0.3) is 0 Å². The van der Waals surface area contributed by atoms with Crippen LogP contribution >= 0.6 is 0 Å². The van der Waals surface area contributed by atoms with Gasteiger partial charge in [-0.15, -0.1) is 0 Å². The van der Waals surface area contributed by atoms with Crippen LogP contribution in [0.5, 0.6) is 5.75 Å². The average molecular weight is 148 g/mol. The summed E-state index contributed by atoms with van der Waals surface area (Å²) < 4.78 is 0. The fraction of sp³-hybridized carbons (Fsp3) is 0.200. The van der Waals surface area contributed by atoms with Crippen molar-refractivity contribution in [2.75, 3.05) is 0 Å². The van der Waals surface area contributed by atoms with E-state index in [0.29, 0.717) is 5.75 Å². The minimum atomic E-state index is 0.340. The molecule has 0 heterocycles. The zero-order valence-electron chi connectivity index (χ0n) is 6.62. The number of rotatable bonds is 2. The number of hydrogen-bond donors (Lipinski definition) is 1. The van der Waals surface area contributed by atoms with Crippen molar-refractivity contribution in [3.05, 3.63) is 42.0 Å². The van der Waals surface area contributed by atoms with Gasteiger partial charge in [0, 0.05) is 0 Å². The molecule has 0 atom stereocenters. The first-order valence-corrected chi connectivity index (χ1v) is 3.72. The highest BCUT2D eigenvalue weighted by Gasteiger charge is 1.89. The zero-order valence-corrected chi connectivity index (χ0v) is 6.62. The number of allylic oxidation sites excluding steroid dienone is 2. The summed E-state index contributed by atoms with van der Waals surface area (Å²) in [5.74, 6) is 0.340. The lowest BCUT2D eigenvalue weighted by atomic mass is 10.1. The molecule has 0 unspecified atom stereocenters. The van der Waals surface area contributed by atoms with Crippen molar-refractivity contribution >= 4 is 0 Å². The van der Waals surface area contributed by atoms with Crippen LogP contribution in [-0.2, 0) is 6.42 Å². The predicted molar refractivity (Wildman–Crippen MR) is 46.6 cm³/mol. The van der Waals surface area contributed by atoms with Crippen molar-refractivity contribution < 1.29 is 5.11 Å². The van der Waals surface area contributed by atoms with Crippen LogP contribution in [0, 0.1) is 0 Å². The molecule has 1 N–H and O–H groups in total. The first-order chi connectivity index (χ1) is 5.33. The van der Waals surface area contributed by atoms with Gasteiger partial charge in [0.15, 0.2) is 0 Å². The Bertz CT molecular complexity index is 251. The number of aromatic hydroxyl groups is 1. The number of hydrogen-bond acceptors (Lipinski definition) is 1. The fourth-order valence-corrected chi connectivity index (χ4v) is 0.937. The molecule has 0 bridgehead atoms. The molecule has 0 radical (unpaired) electrons. The van der Waals surface area contributed by atoms with Gasteiger partial charge in [0.2, 0.25) is 0 Å². The summed E-state index contributed by atoms with van der Waals surface area (Å²) in [6.45, 7) is 1.99. The Morgan fingerprint density at radius 3 is 2.91 bits per heavy atom. The van der Waals surface area contributed by atoms with Gasteiger partial charge in [-0.25, -0.2) is 0 Å². The molecule has 1 nitrogen and oxygen atoms in total. The van der Waals surface area contributed by atoms with Crippen molar-refractivity contribution in [2.45, 2.75) is 13.3 Å². The third kappa shape index (κ3) is 2.46. The van der Waals surface area contributed by atoms with E-state index in [1.54, 1.807) is 12.1 Å². The lowest BCUT2D eigenvalue weighted by Gasteiger charge is -1.95. The van der Waals surface area contributed by atoms with Crippen molar-refractivity contribution in [2.24, 2.45) is 0 Å². The van der Waals surface area contributed by atoms with E-state index in [4.69, 9.17) is 5.11 Å². The summed E-state index contributed by atoms with van der Waals surface area (Å²) in [4.78, 5) is 0. The second kappa shape index (κ2) is 3.81. The maximum Gasteiger partial charge on any atom is 0.115 e. The van der Waals surface area contributed by atoms with E-state index in [9.17, 15) is 0 Å². The molecule has 0 spiro atoms. The quantitative estimate of drug-likeness (QED) is 0.639. The topological polar surface area (TPSA) is 20.2 Å². The van der Waals surface area contributed by atoms with Gasteiger partial charge in [-0.3, -0.25) is 0 Å². The summed E-state index contributed by atoms with van der Waals surface area (Å²) in [6.07, 6.45) is 4.96. The second-order valence-corrected chi connectivity index (χ2v) is 2.44. The van der Waals surface area contributed by atoms with Gasteiger partial charge in [-0.05, 0) is 31.0 Å². The van der Waals surface area contributed by atoms with Gasteiger partial charge in [0.1, 0.15) is 5.75 Å². The molecule has 0 saturated heterocycles. The molecule has 11 heavy (non-hydrogen) atoms. The van der Waals surface area contributed by atoms with E-state index in [0.717, 1.165) is 12.0 Å². The minimum Gasteiger partial charge on any atom is -0.508 e.